The highest BCUT2D eigenvalue weighted by Crippen LogP contribution is 2.21. The van der Waals surface area contributed by atoms with Gasteiger partial charge in [0.2, 0.25) is 21.8 Å². The van der Waals surface area contributed by atoms with Gasteiger partial charge in [-0.3, -0.25) is 4.79 Å². The van der Waals surface area contributed by atoms with E-state index < -0.39 is 22.0 Å². The second-order valence-corrected chi connectivity index (χ2v) is 9.40. The Morgan fingerprint density at radius 3 is 2.44 bits per heavy atom. The maximum absolute atomic E-state index is 13.0. The fourth-order valence-electron chi connectivity index (χ4n) is 2.70. The van der Waals surface area contributed by atoms with E-state index in [1.54, 1.807) is 30.3 Å². The van der Waals surface area contributed by atoms with Gasteiger partial charge >= 0.3 is 0 Å². The predicted molar refractivity (Wildman–Crippen MR) is 123 cm³/mol. The van der Waals surface area contributed by atoms with Gasteiger partial charge in [0.25, 0.3) is 0 Å². The molecule has 168 valence electrons. The molecule has 7 nitrogen and oxygen atoms in total. The van der Waals surface area contributed by atoms with Crippen LogP contribution in [-0.2, 0) is 14.8 Å². The average molecular weight is 476 g/mol. The first-order valence-electron chi connectivity index (χ1n) is 9.64. The molecule has 3 aromatic rings. The van der Waals surface area contributed by atoms with Crippen molar-refractivity contribution in [2.45, 2.75) is 17.4 Å². The molecule has 0 saturated heterocycles. The zero-order valence-electron chi connectivity index (χ0n) is 17.2. The van der Waals surface area contributed by atoms with E-state index >= 15 is 0 Å². The van der Waals surface area contributed by atoms with Crippen LogP contribution in [-0.4, -0.2) is 37.4 Å². The van der Waals surface area contributed by atoms with E-state index in [1.165, 1.54) is 54.4 Å². The lowest BCUT2D eigenvalue weighted by molar-refractivity contribution is -0.117. The number of rotatable bonds is 10. The number of thioether (sulfide) groups is 1. The van der Waals surface area contributed by atoms with Gasteiger partial charge in [0, 0.05) is 6.07 Å². The first-order chi connectivity index (χ1) is 15.4. The van der Waals surface area contributed by atoms with Gasteiger partial charge < -0.3 is 10.1 Å². The summed E-state index contributed by atoms with van der Waals surface area (Å²) in [6, 6.07) is 15.6. The molecule has 0 fully saturated rings. The zero-order chi connectivity index (χ0) is 23.0. The van der Waals surface area contributed by atoms with Crippen molar-refractivity contribution in [3.05, 3.63) is 78.7 Å². The number of ether oxygens (including phenoxy) is 1. The van der Waals surface area contributed by atoms with E-state index in [0.29, 0.717) is 23.6 Å². The normalized spacial score (nSPS) is 12.2. The molecule has 32 heavy (non-hydrogen) atoms. The number of amides is 1. The minimum Gasteiger partial charge on any atom is -0.439 e. The van der Waals surface area contributed by atoms with Crippen LogP contribution in [0.3, 0.4) is 0 Å². The second kappa shape index (κ2) is 11.1. The molecule has 0 saturated carbocycles. The fourth-order valence-corrected chi connectivity index (χ4v) is 4.42. The number of anilines is 1. The Morgan fingerprint density at radius 1 is 1.09 bits per heavy atom. The summed E-state index contributed by atoms with van der Waals surface area (Å²) in [6.45, 7) is 0. The van der Waals surface area contributed by atoms with Gasteiger partial charge in [-0.2, -0.15) is 16.5 Å². The number of carbonyl (C=O) groups is 1. The van der Waals surface area contributed by atoms with Crippen LogP contribution in [0, 0.1) is 5.82 Å². The van der Waals surface area contributed by atoms with Crippen LogP contribution in [0.25, 0.3) is 0 Å². The van der Waals surface area contributed by atoms with Gasteiger partial charge in [-0.25, -0.2) is 17.8 Å². The molecule has 0 radical (unpaired) electrons. The van der Waals surface area contributed by atoms with Crippen LogP contribution in [0.2, 0.25) is 0 Å². The van der Waals surface area contributed by atoms with E-state index in [1.807, 2.05) is 6.26 Å². The third kappa shape index (κ3) is 6.78. The van der Waals surface area contributed by atoms with E-state index in [2.05, 4.69) is 15.0 Å². The lowest BCUT2D eigenvalue weighted by atomic mass is 10.2. The van der Waals surface area contributed by atoms with Crippen LogP contribution in [0.15, 0.2) is 77.8 Å². The molecule has 2 N–H and O–H groups in total. The Balaban J connectivity index is 1.67. The largest absolute Gasteiger partial charge is 0.439 e. The first-order valence-corrected chi connectivity index (χ1v) is 12.5. The predicted octanol–water partition coefficient (Wildman–Crippen LogP) is 4.05. The number of hydrogen-bond donors (Lipinski definition) is 2. The molecule has 1 unspecified atom stereocenters. The van der Waals surface area contributed by atoms with Gasteiger partial charge in [0.05, 0.1) is 16.8 Å². The Morgan fingerprint density at radius 2 is 1.81 bits per heavy atom. The monoisotopic (exact) mass is 475 g/mol. The van der Waals surface area contributed by atoms with Gasteiger partial charge in [0.1, 0.15) is 17.6 Å². The maximum atomic E-state index is 13.0. The molecule has 10 heteroatoms. The van der Waals surface area contributed by atoms with Crippen molar-refractivity contribution in [3.8, 4) is 11.6 Å². The minimum absolute atomic E-state index is 0.0888. The quantitative estimate of drug-likeness (QED) is 0.459. The van der Waals surface area contributed by atoms with Crippen molar-refractivity contribution < 1.29 is 22.3 Å². The first kappa shape index (κ1) is 23.7. The number of pyridine rings is 1. The van der Waals surface area contributed by atoms with Gasteiger partial charge in [-0.15, -0.1) is 0 Å². The molecule has 0 aliphatic heterocycles. The maximum Gasteiger partial charge on any atom is 0.242 e. The fraction of sp³-hybridized carbons (Fsp3) is 0.182. The van der Waals surface area contributed by atoms with Crippen molar-refractivity contribution in [3.63, 3.8) is 0 Å². The third-order valence-corrected chi connectivity index (χ3v) is 6.45. The highest BCUT2D eigenvalue weighted by Gasteiger charge is 2.25. The Bertz CT molecular complexity index is 1130. The molecular weight excluding hydrogens is 453 g/mol. The summed E-state index contributed by atoms with van der Waals surface area (Å²) in [4.78, 5) is 17.0. The summed E-state index contributed by atoms with van der Waals surface area (Å²) in [5, 5.41) is 2.68. The SMILES string of the molecule is CSCCC(NS(=O)(=O)c1ccccc1)C(=O)Nc1ccc(Oc2ccc(F)cc2)nc1. The molecule has 1 amide bonds. The highest BCUT2D eigenvalue weighted by atomic mass is 32.2. The van der Waals surface area contributed by atoms with Crippen LogP contribution < -0.4 is 14.8 Å². The van der Waals surface area contributed by atoms with Gasteiger partial charge in [0.15, 0.2) is 0 Å². The van der Waals surface area contributed by atoms with E-state index in [4.69, 9.17) is 4.74 Å². The molecule has 3 rings (SSSR count). The molecule has 0 aliphatic rings. The summed E-state index contributed by atoms with van der Waals surface area (Å²) in [5.41, 5.74) is 0.384. The Labute approximate surface area is 190 Å². The highest BCUT2D eigenvalue weighted by molar-refractivity contribution is 7.98. The summed E-state index contributed by atoms with van der Waals surface area (Å²) in [7, 11) is -3.85. The minimum atomic E-state index is -3.85. The van der Waals surface area contributed by atoms with Crippen molar-refractivity contribution in [1.82, 2.24) is 9.71 Å². The smallest absolute Gasteiger partial charge is 0.242 e. The van der Waals surface area contributed by atoms with E-state index in [9.17, 15) is 17.6 Å². The Kier molecular flexibility index (Phi) is 8.20. The summed E-state index contributed by atoms with van der Waals surface area (Å²) in [5.74, 6) is 0.411. The molecular formula is C22H22FN3O4S2. The standard InChI is InChI=1S/C22H22FN3O4S2/c1-31-14-13-20(26-32(28,29)19-5-3-2-4-6-19)22(27)25-17-9-12-21(24-15-17)30-18-10-7-16(23)8-11-18/h2-12,15,20,26H,13-14H2,1H3,(H,25,27). The van der Waals surface area contributed by atoms with Crippen LogP contribution in [0.4, 0.5) is 10.1 Å². The van der Waals surface area contributed by atoms with Crippen LogP contribution in [0.1, 0.15) is 6.42 Å². The van der Waals surface area contributed by atoms with Crippen molar-refractivity contribution in [2.75, 3.05) is 17.3 Å². The second-order valence-electron chi connectivity index (χ2n) is 6.70. The summed E-state index contributed by atoms with van der Waals surface area (Å²) in [6.07, 6.45) is 3.59. The number of nitrogens with zero attached hydrogens (tertiary/aromatic N) is 1. The van der Waals surface area contributed by atoms with E-state index in [0.717, 1.165) is 0 Å². The van der Waals surface area contributed by atoms with Gasteiger partial charge in [-0.05, 0) is 60.9 Å². The summed E-state index contributed by atoms with van der Waals surface area (Å²) >= 11 is 1.51. The lowest BCUT2D eigenvalue weighted by Gasteiger charge is -2.18. The van der Waals surface area contributed by atoms with Crippen molar-refractivity contribution in [2.24, 2.45) is 0 Å². The third-order valence-electron chi connectivity index (χ3n) is 4.32. The molecule has 0 spiro atoms. The molecule has 2 aromatic carbocycles. The number of carbonyl (C=O) groups excluding carboxylic acids is 1. The van der Waals surface area contributed by atoms with Crippen LogP contribution in [0.5, 0.6) is 11.6 Å². The molecule has 0 aliphatic carbocycles. The number of halogens is 1. The summed E-state index contributed by atoms with van der Waals surface area (Å²) < 4.78 is 46.3. The molecule has 0 bridgehead atoms. The topological polar surface area (TPSA) is 97.4 Å². The Hall–Kier alpha value is -2.95. The lowest BCUT2D eigenvalue weighted by Crippen LogP contribution is -2.44. The van der Waals surface area contributed by atoms with Crippen LogP contribution >= 0.6 is 11.8 Å². The average Bonchev–Trinajstić information content (AvgIpc) is 2.80. The van der Waals surface area contributed by atoms with Crippen molar-refractivity contribution >= 4 is 33.4 Å². The zero-order valence-corrected chi connectivity index (χ0v) is 18.8. The van der Waals surface area contributed by atoms with Crippen molar-refractivity contribution in [1.29, 1.82) is 0 Å². The number of nitrogens with one attached hydrogen (secondary N) is 2. The van der Waals surface area contributed by atoms with E-state index in [-0.39, 0.29) is 16.6 Å². The van der Waals surface area contributed by atoms with Gasteiger partial charge in [-0.1, -0.05) is 18.2 Å². The molecule has 1 heterocycles. The number of sulfonamides is 1. The number of aromatic nitrogens is 1. The molecule has 1 aromatic heterocycles. The number of hydrogen-bond acceptors (Lipinski definition) is 6. The molecule has 1 atom stereocenters. The number of benzene rings is 2.